The molecule has 0 amide bonds. The van der Waals surface area contributed by atoms with E-state index in [9.17, 15) is 0 Å². The van der Waals surface area contributed by atoms with Crippen LogP contribution in [0.5, 0.6) is 0 Å². The highest BCUT2D eigenvalue weighted by Gasteiger charge is 2.16. The molecule has 0 aliphatic carbocycles. The van der Waals surface area contributed by atoms with Crippen molar-refractivity contribution >= 4 is 32.9 Å². The molecule has 0 fully saturated rings. The summed E-state index contributed by atoms with van der Waals surface area (Å²) < 4.78 is 1.21. The van der Waals surface area contributed by atoms with Gasteiger partial charge in [-0.05, 0) is 31.9 Å². The first-order chi connectivity index (χ1) is 8.70. The monoisotopic (exact) mass is 274 g/mol. The van der Waals surface area contributed by atoms with Gasteiger partial charge in [-0.1, -0.05) is 6.92 Å². The lowest BCUT2D eigenvalue weighted by molar-refractivity contribution is 1.13. The highest BCUT2D eigenvalue weighted by atomic mass is 32.1. The minimum absolute atomic E-state index is 1.00. The summed E-state index contributed by atoms with van der Waals surface area (Å²) in [6.45, 7) is 6.61. The number of nitrogens with zero attached hydrogens (tertiary/aromatic N) is 2. The number of rotatable bonds is 2. The molecule has 3 aromatic rings. The van der Waals surface area contributed by atoms with Crippen LogP contribution in [-0.2, 0) is 6.42 Å². The van der Waals surface area contributed by atoms with Crippen molar-refractivity contribution < 1.29 is 0 Å². The highest BCUT2D eigenvalue weighted by Crippen LogP contribution is 2.39. The summed E-state index contributed by atoms with van der Waals surface area (Å²) in [5.41, 5.74) is 3.80. The molecule has 0 aliphatic heterocycles. The van der Waals surface area contributed by atoms with Crippen molar-refractivity contribution in [2.24, 2.45) is 0 Å². The smallest absolute Gasteiger partial charge is 0.126 e. The molecule has 3 heterocycles. The lowest BCUT2D eigenvalue weighted by Gasteiger charge is -2.00. The molecule has 3 aromatic heterocycles. The van der Waals surface area contributed by atoms with Crippen LogP contribution in [0.15, 0.2) is 18.5 Å². The molecule has 4 heteroatoms. The van der Waals surface area contributed by atoms with E-state index >= 15 is 0 Å². The van der Waals surface area contributed by atoms with Crippen molar-refractivity contribution in [3.05, 3.63) is 33.8 Å². The van der Waals surface area contributed by atoms with Gasteiger partial charge in [-0.15, -0.1) is 22.7 Å². The maximum absolute atomic E-state index is 4.73. The van der Waals surface area contributed by atoms with Crippen LogP contribution in [0.1, 0.15) is 22.2 Å². The van der Waals surface area contributed by atoms with Gasteiger partial charge in [-0.3, -0.25) is 4.98 Å². The Morgan fingerprint density at radius 1 is 1.17 bits per heavy atom. The van der Waals surface area contributed by atoms with Crippen LogP contribution in [0.3, 0.4) is 0 Å². The number of hydrogen-bond donors (Lipinski definition) is 0. The van der Waals surface area contributed by atoms with Crippen LogP contribution in [-0.4, -0.2) is 9.97 Å². The third-order valence-electron chi connectivity index (χ3n) is 3.14. The molecule has 0 radical (unpaired) electrons. The molecule has 0 atom stereocenters. The van der Waals surface area contributed by atoms with Gasteiger partial charge in [-0.25, -0.2) is 4.98 Å². The van der Waals surface area contributed by atoms with E-state index in [-0.39, 0.29) is 0 Å². The lowest BCUT2D eigenvalue weighted by Crippen LogP contribution is -1.85. The fourth-order valence-electron chi connectivity index (χ4n) is 2.32. The van der Waals surface area contributed by atoms with Crippen LogP contribution in [0, 0.1) is 13.8 Å². The molecule has 0 aromatic carbocycles. The first kappa shape index (κ1) is 11.8. The van der Waals surface area contributed by atoms with E-state index in [1.54, 1.807) is 11.3 Å². The molecule has 2 nitrogen and oxygen atoms in total. The van der Waals surface area contributed by atoms with Crippen molar-refractivity contribution in [1.29, 1.82) is 0 Å². The van der Waals surface area contributed by atoms with Gasteiger partial charge in [0.1, 0.15) is 10.5 Å². The normalized spacial score (nSPS) is 11.3. The molecule has 0 N–H and O–H groups in total. The zero-order valence-electron chi connectivity index (χ0n) is 10.7. The summed E-state index contributed by atoms with van der Waals surface area (Å²) in [5.74, 6) is 0. The Morgan fingerprint density at radius 2 is 2.00 bits per heavy atom. The number of aromatic nitrogens is 2. The largest absolute Gasteiger partial charge is 0.262 e. The van der Waals surface area contributed by atoms with E-state index in [2.05, 4.69) is 25.8 Å². The van der Waals surface area contributed by atoms with E-state index in [0.717, 1.165) is 16.9 Å². The van der Waals surface area contributed by atoms with E-state index in [4.69, 9.17) is 4.98 Å². The van der Waals surface area contributed by atoms with Gasteiger partial charge in [-0.2, -0.15) is 0 Å². The number of aryl methyl sites for hydroxylation is 2. The SMILES string of the molecule is CCc1c(C)sc(C)c1-c1nc2cnccc2s1. The maximum Gasteiger partial charge on any atom is 0.126 e. The maximum atomic E-state index is 4.73. The zero-order valence-corrected chi connectivity index (χ0v) is 12.3. The quantitative estimate of drug-likeness (QED) is 0.682. The Hall–Kier alpha value is -1.26. The molecule has 92 valence electrons. The Kier molecular flexibility index (Phi) is 2.92. The van der Waals surface area contributed by atoms with Crippen molar-refractivity contribution in [2.75, 3.05) is 0 Å². The number of hydrogen-bond acceptors (Lipinski definition) is 4. The minimum atomic E-state index is 1.00. The standard InChI is InChI=1S/C14H14N2S2/c1-4-10-8(2)17-9(3)13(10)14-16-11-7-15-6-5-12(11)18-14/h5-7H,4H2,1-3H3. The molecule has 0 saturated carbocycles. The van der Waals surface area contributed by atoms with Gasteiger partial charge in [0.25, 0.3) is 0 Å². The summed E-state index contributed by atoms with van der Waals surface area (Å²) >= 11 is 3.64. The molecule has 0 unspecified atom stereocenters. The number of fused-ring (bicyclic) bond motifs is 1. The van der Waals surface area contributed by atoms with E-state index in [1.807, 2.05) is 29.8 Å². The average Bonchev–Trinajstić information content (AvgIpc) is 2.88. The summed E-state index contributed by atoms with van der Waals surface area (Å²) in [5, 5.41) is 1.14. The van der Waals surface area contributed by atoms with Crippen molar-refractivity contribution in [3.8, 4) is 10.6 Å². The second-order valence-corrected chi connectivity index (χ2v) is 6.74. The van der Waals surface area contributed by atoms with Crippen molar-refractivity contribution in [2.45, 2.75) is 27.2 Å². The Labute approximate surface area is 114 Å². The molecule has 0 bridgehead atoms. The summed E-state index contributed by atoms with van der Waals surface area (Å²) in [6, 6.07) is 2.04. The van der Waals surface area contributed by atoms with Gasteiger partial charge >= 0.3 is 0 Å². The minimum Gasteiger partial charge on any atom is -0.262 e. The molecule has 18 heavy (non-hydrogen) atoms. The number of pyridine rings is 1. The Bertz CT molecular complexity index is 677. The zero-order chi connectivity index (χ0) is 12.7. The van der Waals surface area contributed by atoms with Crippen LogP contribution >= 0.6 is 22.7 Å². The molecular formula is C14H14N2S2. The second kappa shape index (κ2) is 4.44. The Morgan fingerprint density at radius 3 is 2.72 bits per heavy atom. The average molecular weight is 274 g/mol. The molecular weight excluding hydrogens is 260 g/mol. The van der Waals surface area contributed by atoms with Crippen LogP contribution in [0.25, 0.3) is 20.8 Å². The topological polar surface area (TPSA) is 25.8 Å². The first-order valence-electron chi connectivity index (χ1n) is 6.00. The van der Waals surface area contributed by atoms with Gasteiger partial charge < -0.3 is 0 Å². The predicted octanol–water partition coefficient (Wildman–Crippen LogP) is 4.60. The summed E-state index contributed by atoms with van der Waals surface area (Å²) in [6.07, 6.45) is 4.74. The van der Waals surface area contributed by atoms with Crippen molar-refractivity contribution in [1.82, 2.24) is 9.97 Å². The third-order valence-corrected chi connectivity index (χ3v) is 5.26. The van der Waals surface area contributed by atoms with E-state index in [1.165, 1.54) is 25.6 Å². The van der Waals surface area contributed by atoms with E-state index in [0.29, 0.717) is 0 Å². The third kappa shape index (κ3) is 1.76. The number of thiophene rings is 1. The van der Waals surface area contributed by atoms with Crippen LogP contribution < -0.4 is 0 Å². The second-order valence-electron chi connectivity index (χ2n) is 4.28. The fourth-order valence-corrected chi connectivity index (χ4v) is 4.60. The molecule has 0 spiro atoms. The fraction of sp³-hybridized carbons (Fsp3) is 0.286. The van der Waals surface area contributed by atoms with Crippen LogP contribution in [0.2, 0.25) is 0 Å². The highest BCUT2D eigenvalue weighted by molar-refractivity contribution is 7.22. The van der Waals surface area contributed by atoms with Gasteiger partial charge in [0, 0.05) is 21.5 Å². The van der Waals surface area contributed by atoms with Gasteiger partial charge in [0.05, 0.1) is 10.9 Å². The molecule has 3 rings (SSSR count). The predicted molar refractivity (Wildman–Crippen MR) is 79.6 cm³/mol. The van der Waals surface area contributed by atoms with Gasteiger partial charge in [0.2, 0.25) is 0 Å². The molecule has 0 saturated heterocycles. The van der Waals surface area contributed by atoms with Crippen molar-refractivity contribution in [3.63, 3.8) is 0 Å². The summed E-state index contributed by atoms with van der Waals surface area (Å²) in [7, 11) is 0. The first-order valence-corrected chi connectivity index (χ1v) is 7.63. The van der Waals surface area contributed by atoms with E-state index < -0.39 is 0 Å². The van der Waals surface area contributed by atoms with Crippen LogP contribution in [0.4, 0.5) is 0 Å². The van der Waals surface area contributed by atoms with Gasteiger partial charge in [0.15, 0.2) is 0 Å². The number of thiazole rings is 1. The Balaban J connectivity index is 2.25. The summed E-state index contributed by atoms with van der Waals surface area (Å²) in [4.78, 5) is 11.7. The lowest BCUT2D eigenvalue weighted by atomic mass is 10.1. The molecule has 0 aliphatic rings.